The van der Waals surface area contributed by atoms with Crippen LogP contribution in [0.15, 0.2) is 48.7 Å². The largest absolute Gasteiger partial charge is 0.378 e. The van der Waals surface area contributed by atoms with Crippen LogP contribution in [0.5, 0.6) is 0 Å². The Morgan fingerprint density at radius 1 is 0.968 bits per heavy atom. The highest BCUT2D eigenvalue weighted by atomic mass is 16.5. The molecule has 0 atom stereocenters. The summed E-state index contributed by atoms with van der Waals surface area (Å²) in [5.74, 6) is 1.11. The summed E-state index contributed by atoms with van der Waals surface area (Å²) >= 11 is 0. The minimum Gasteiger partial charge on any atom is -0.378 e. The van der Waals surface area contributed by atoms with Gasteiger partial charge in [-0.3, -0.25) is 4.79 Å². The maximum atomic E-state index is 13.0. The van der Waals surface area contributed by atoms with Crippen molar-refractivity contribution >= 4 is 28.4 Å². The van der Waals surface area contributed by atoms with Crippen molar-refractivity contribution in [2.45, 2.75) is 13.5 Å². The molecule has 0 unspecified atom stereocenters. The average Bonchev–Trinajstić information content (AvgIpc) is 3.21. The molecule has 0 bridgehead atoms. The Bertz CT molecular complexity index is 1060. The number of nitrogens with zero attached hydrogens (tertiary/aromatic N) is 5. The van der Waals surface area contributed by atoms with Crippen molar-refractivity contribution in [1.82, 2.24) is 14.5 Å². The number of amides is 1. The van der Waals surface area contributed by atoms with Crippen LogP contribution in [-0.4, -0.2) is 72.8 Å². The quantitative estimate of drug-likeness (QED) is 0.651. The van der Waals surface area contributed by atoms with E-state index in [0.717, 1.165) is 69.3 Å². The smallest absolute Gasteiger partial charge is 0.242 e. The maximum Gasteiger partial charge on any atom is 0.242 e. The number of fused-ring (bicyclic) bond motifs is 1. The van der Waals surface area contributed by atoms with Gasteiger partial charge in [-0.25, -0.2) is 4.98 Å². The molecule has 0 N–H and O–H groups in total. The Morgan fingerprint density at radius 2 is 1.77 bits per heavy atom. The zero-order chi connectivity index (χ0) is 21.2. The van der Waals surface area contributed by atoms with E-state index in [9.17, 15) is 4.79 Å². The maximum absolute atomic E-state index is 13.0. The van der Waals surface area contributed by atoms with Crippen molar-refractivity contribution in [3.8, 4) is 0 Å². The zero-order valence-electron chi connectivity index (χ0n) is 18.0. The molecule has 162 valence electrons. The number of rotatable bonds is 4. The van der Waals surface area contributed by atoms with Gasteiger partial charge in [-0.2, -0.15) is 0 Å². The number of ether oxygens (including phenoxy) is 1. The third kappa shape index (κ3) is 4.23. The van der Waals surface area contributed by atoms with Crippen LogP contribution in [0.25, 0.3) is 11.0 Å². The fraction of sp³-hybridized carbons (Fsp3) is 0.417. The fourth-order valence-corrected chi connectivity index (χ4v) is 4.43. The number of benzene rings is 1. The normalized spacial score (nSPS) is 17.4. The van der Waals surface area contributed by atoms with Crippen molar-refractivity contribution in [1.29, 1.82) is 0 Å². The van der Waals surface area contributed by atoms with Crippen molar-refractivity contribution in [2.24, 2.45) is 0 Å². The molecule has 3 aromatic rings. The number of hydrogen-bond donors (Lipinski definition) is 0. The summed E-state index contributed by atoms with van der Waals surface area (Å²) in [6.07, 6.45) is 1.97. The van der Waals surface area contributed by atoms with Gasteiger partial charge in [0.25, 0.3) is 0 Å². The van der Waals surface area contributed by atoms with E-state index in [2.05, 4.69) is 53.1 Å². The summed E-state index contributed by atoms with van der Waals surface area (Å²) in [6, 6.07) is 14.8. The molecule has 1 amide bonds. The highest BCUT2D eigenvalue weighted by Gasteiger charge is 2.22. The molecule has 0 radical (unpaired) electrons. The number of carbonyl (C=O) groups excluding carboxylic acids is 1. The molecule has 2 aromatic heterocycles. The first-order valence-corrected chi connectivity index (χ1v) is 11.1. The highest BCUT2D eigenvalue weighted by Crippen LogP contribution is 2.21. The van der Waals surface area contributed by atoms with Gasteiger partial charge in [0.1, 0.15) is 18.0 Å². The molecule has 7 nitrogen and oxygen atoms in total. The van der Waals surface area contributed by atoms with E-state index in [4.69, 9.17) is 9.72 Å². The predicted molar refractivity (Wildman–Crippen MR) is 123 cm³/mol. The fourth-order valence-electron chi connectivity index (χ4n) is 4.43. The molecule has 0 aliphatic carbocycles. The van der Waals surface area contributed by atoms with E-state index in [-0.39, 0.29) is 5.91 Å². The molecule has 7 heteroatoms. The Labute approximate surface area is 182 Å². The SMILES string of the molecule is Cc1cccc(N2CCN(C(=O)Cn3ccc4ccc(N5CCOCC5)nc43)CC2)c1. The number of morpholine rings is 1. The number of aryl methyl sites for hydroxylation is 1. The molecular weight excluding hydrogens is 390 g/mol. The Kier molecular flexibility index (Phi) is 5.51. The third-order valence-electron chi connectivity index (χ3n) is 6.24. The van der Waals surface area contributed by atoms with Crippen LogP contribution < -0.4 is 9.80 Å². The Balaban J connectivity index is 1.25. The van der Waals surface area contributed by atoms with Crippen LogP contribution in [-0.2, 0) is 16.1 Å². The van der Waals surface area contributed by atoms with E-state index in [0.29, 0.717) is 6.54 Å². The first-order chi connectivity index (χ1) is 15.2. The summed E-state index contributed by atoms with van der Waals surface area (Å²) in [5.41, 5.74) is 3.37. The molecule has 1 aromatic carbocycles. The van der Waals surface area contributed by atoms with E-state index < -0.39 is 0 Å². The molecule has 2 aliphatic heterocycles. The van der Waals surface area contributed by atoms with Crippen LogP contribution >= 0.6 is 0 Å². The highest BCUT2D eigenvalue weighted by molar-refractivity contribution is 5.82. The van der Waals surface area contributed by atoms with Gasteiger partial charge in [0, 0.05) is 56.5 Å². The van der Waals surface area contributed by atoms with Crippen LogP contribution in [0.1, 0.15) is 5.56 Å². The van der Waals surface area contributed by atoms with Crippen LogP contribution in [0.3, 0.4) is 0 Å². The second-order valence-electron chi connectivity index (χ2n) is 8.33. The van der Waals surface area contributed by atoms with Crippen LogP contribution in [0.4, 0.5) is 11.5 Å². The Morgan fingerprint density at radius 3 is 2.55 bits per heavy atom. The monoisotopic (exact) mass is 419 g/mol. The number of piperazine rings is 1. The lowest BCUT2D eigenvalue weighted by molar-refractivity contribution is -0.132. The summed E-state index contributed by atoms with van der Waals surface area (Å²) in [6.45, 7) is 8.82. The second kappa shape index (κ2) is 8.59. The van der Waals surface area contributed by atoms with Gasteiger partial charge in [-0.1, -0.05) is 12.1 Å². The summed E-state index contributed by atoms with van der Waals surface area (Å²) in [4.78, 5) is 24.5. The van der Waals surface area contributed by atoms with Crippen LogP contribution in [0, 0.1) is 6.92 Å². The summed E-state index contributed by atoms with van der Waals surface area (Å²) < 4.78 is 7.43. The number of hydrogen-bond acceptors (Lipinski definition) is 5. The number of anilines is 2. The lowest BCUT2D eigenvalue weighted by Crippen LogP contribution is -2.49. The van der Waals surface area contributed by atoms with Crippen molar-refractivity contribution in [2.75, 3.05) is 62.3 Å². The van der Waals surface area contributed by atoms with Crippen molar-refractivity contribution < 1.29 is 9.53 Å². The van der Waals surface area contributed by atoms with Crippen molar-refractivity contribution in [3.63, 3.8) is 0 Å². The van der Waals surface area contributed by atoms with Gasteiger partial charge in [-0.15, -0.1) is 0 Å². The zero-order valence-corrected chi connectivity index (χ0v) is 18.0. The summed E-state index contributed by atoms with van der Waals surface area (Å²) in [7, 11) is 0. The standard InChI is InChI=1S/C24H29N5O2/c1-19-3-2-4-21(17-19)26-9-11-28(12-10-26)23(30)18-29-8-7-20-5-6-22(25-24(20)29)27-13-15-31-16-14-27/h2-8,17H,9-16,18H2,1H3. The minimum absolute atomic E-state index is 0.153. The van der Waals surface area contributed by atoms with Crippen molar-refractivity contribution in [3.05, 3.63) is 54.2 Å². The third-order valence-corrected chi connectivity index (χ3v) is 6.24. The lowest BCUT2D eigenvalue weighted by atomic mass is 10.2. The Hall–Kier alpha value is -3.06. The minimum atomic E-state index is 0.153. The van der Waals surface area contributed by atoms with Gasteiger partial charge in [0.2, 0.25) is 5.91 Å². The second-order valence-corrected chi connectivity index (χ2v) is 8.33. The van der Waals surface area contributed by atoms with E-state index >= 15 is 0 Å². The molecule has 2 aliphatic rings. The van der Waals surface area contributed by atoms with E-state index in [1.807, 2.05) is 21.7 Å². The molecular formula is C24H29N5O2. The van der Waals surface area contributed by atoms with E-state index in [1.54, 1.807) is 0 Å². The molecule has 31 heavy (non-hydrogen) atoms. The summed E-state index contributed by atoms with van der Waals surface area (Å²) in [5, 5.41) is 1.06. The molecule has 5 rings (SSSR count). The molecule has 2 saturated heterocycles. The van der Waals surface area contributed by atoms with Gasteiger partial charge >= 0.3 is 0 Å². The number of pyridine rings is 1. The molecule has 2 fully saturated rings. The molecule has 0 saturated carbocycles. The van der Waals surface area contributed by atoms with Gasteiger partial charge in [0.15, 0.2) is 0 Å². The topological polar surface area (TPSA) is 53.8 Å². The molecule has 4 heterocycles. The van der Waals surface area contributed by atoms with Gasteiger partial charge < -0.3 is 24.0 Å². The number of carbonyl (C=O) groups is 1. The molecule has 0 spiro atoms. The van der Waals surface area contributed by atoms with Gasteiger partial charge in [0.05, 0.1) is 13.2 Å². The average molecular weight is 420 g/mol. The number of aromatic nitrogens is 2. The lowest BCUT2D eigenvalue weighted by Gasteiger charge is -2.36. The predicted octanol–water partition coefficient (Wildman–Crippen LogP) is 2.53. The van der Waals surface area contributed by atoms with Gasteiger partial charge in [-0.05, 0) is 42.8 Å². The van der Waals surface area contributed by atoms with E-state index in [1.165, 1.54) is 11.3 Å². The first-order valence-electron chi connectivity index (χ1n) is 11.1. The first kappa shape index (κ1) is 19.9. The van der Waals surface area contributed by atoms with Crippen LogP contribution in [0.2, 0.25) is 0 Å².